The molecule has 0 radical (unpaired) electrons. The molecule has 0 bridgehead atoms. The summed E-state index contributed by atoms with van der Waals surface area (Å²) in [5.41, 5.74) is 0.824. The van der Waals surface area contributed by atoms with Crippen molar-refractivity contribution in [1.82, 2.24) is 5.32 Å². The lowest BCUT2D eigenvalue weighted by molar-refractivity contribution is -0.192. The van der Waals surface area contributed by atoms with Gasteiger partial charge in [0.2, 0.25) is 0 Å². The maximum atomic E-state index is 10.6. The van der Waals surface area contributed by atoms with Crippen LogP contribution in [-0.4, -0.2) is 36.1 Å². The third-order valence-corrected chi connectivity index (χ3v) is 0.919. The molecule has 0 aromatic carbocycles. The van der Waals surface area contributed by atoms with Gasteiger partial charge in [-0.2, -0.15) is 13.2 Å². The van der Waals surface area contributed by atoms with Crippen LogP contribution in [0.3, 0.4) is 0 Å². The second-order valence-corrected chi connectivity index (χ2v) is 2.01. The largest absolute Gasteiger partial charge is 0.490 e. The van der Waals surface area contributed by atoms with Crippen molar-refractivity contribution in [2.75, 3.05) is 13.1 Å². The van der Waals surface area contributed by atoms with Gasteiger partial charge in [-0.1, -0.05) is 0 Å². The molecule has 0 atom stereocenters. The topological polar surface area (TPSA) is 73.2 Å². The molecule has 1 aliphatic heterocycles. The highest BCUT2D eigenvalue weighted by Crippen LogP contribution is 2.13. The summed E-state index contributed by atoms with van der Waals surface area (Å²) in [6, 6.07) is 0. The van der Waals surface area contributed by atoms with Gasteiger partial charge in [-0.05, 0) is 0 Å². The highest BCUT2D eigenvalue weighted by molar-refractivity contribution is 5.90. The summed E-state index contributed by atoms with van der Waals surface area (Å²) >= 11 is 0. The van der Waals surface area contributed by atoms with Crippen LogP contribution in [0.25, 0.3) is 0 Å². The number of rotatable bonds is 0. The lowest BCUT2D eigenvalue weighted by Crippen LogP contribution is -2.41. The molecule has 4 nitrogen and oxygen atoms in total. The Kier molecular flexibility index (Phi) is 3.68. The van der Waals surface area contributed by atoms with Gasteiger partial charge in [0.1, 0.15) is 0 Å². The van der Waals surface area contributed by atoms with Crippen LogP contribution in [0.2, 0.25) is 0 Å². The predicted octanol–water partition coefficient (Wildman–Crippen LogP) is 0.243. The molecule has 1 rings (SSSR count). The van der Waals surface area contributed by atoms with Crippen LogP contribution in [0.4, 0.5) is 13.2 Å². The summed E-state index contributed by atoms with van der Waals surface area (Å²) in [5, 5.41) is 16.8. The fraction of sp³-hybridized carbons (Fsp3) is 0.600. The van der Waals surface area contributed by atoms with Gasteiger partial charge < -0.3 is 15.8 Å². The van der Waals surface area contributed by atoms with Crippen molar-refractivity contribution in [3.63, 3.8) is 0 Å². The van der Waals surface area contributed by atoms with Crippen molar-refractivity contribution in [2.45, 2.75) is 6.18 Å². The number of aliphatic carboxylic acids is 1. The average molecular weight is 184 g/mol. The monoisotopic (exact) mass is 184 g/mol. The Bertz CT molecular complexity index is 184. The zero-order valence-corrected chi connectivity index (χ0v) is 5.90. The minimum absolute atomic E-state index is 0.819. The molecule has 0 spiro atoms. The molecule has 0 aromatic heterocycles. The van der Waals surface area contributed by atoms with Crippen molar-refractivity contribution in [2.24, 2.45) is 0 Å². The minimum Gasteiger partial charge on any atom is -0.475 e. The Morgan fingerprint density at radius 2 is 1.75 bits per heavy atom. The molecular formula is C5H7F3N2O2. The predicted molar refractivity (Wildman–Crippen MR) is 34.3 cm³/mol. The Balaban J connectivity index is 0.000000211. The van der Waals surface area contributed by atoms with Gasteiger partial charge in [0.05, 0.1) is 0 Å². The van der Waals surface area contributed by atoms with Gasteiger partial charge in [0.25, 0.3) is 0 Å². The van der Waals surface area contributed by atoms with E-state index in [-0.39, 0.29) is 0 Å². The quantitative estimate of drug-likeness (QED) is 0.505. The molecule has 1 aliphatic rings. The summed E-state index contributed by atoms with van der Waals surface area (Å²) in [6.07, 6.45) is -5.08. The van der Waals surface area contributed by atoms with Gasteiger partial charge >= 0.3 is 12.1 Å². The van der Waals surface area contributed by atoms with Crippen LogP contribution in [-0.2, 0) is 4.79 Å². The van der Waals surface area contributed by atoms with E-state index < -0.39 is 12.1 Å². The fourth-order valence-corrected chi connectivity index (χ4v) is 0.250. The number of hydrogen-bond acceptors (Lipinski definition) is 3. The smallest absolute Gasteiger partial charge is 0.475 e. The molecule has 0 aliphatic carbocycles. The molecule has 7 heteroatoms. The summed E-state index contributed by atoms with van der Waals surface area (Å²) in [7, 11) is 0. The van der Waals surface area contributed by atoms with E-state index >= 15 is 0 Å². The molecule has 0 unspecified atom stereocenters. The summed E-state index contributed by atoms with van der Waals surface area (Å²) in [5.74, 6) is -2.76. The molecule has 1 saturated heterocycles. The molecule has 70 valence electrons. The van der Waals surface area contributed by atoms with Crippen molar-refractivity contribution in [1.29, 1.82) is 5.41 Å². The fourth-order valence-electron chi connectivity index (χ4n) is 0.250. The first-order chi connectivity index (χ1) is 5.34. The molecule has 1 fully saturated rings. The SMILES string of the molecule is N=C1CNC1.O=C(O)C(F)(F)F. The van der Waals surface area contributed by atoms with E-state index in [0.29, 0.717) is 0 Å². The third-order valence-electron chi connectivity index (χ3n) is 0.919. The van der Waals surface area contributed by atoms with Gasteiger partial charge in [-0.15, -0.1) is 0 Å². The number of carboxylic acid groups (broad SMARTS) is 1. The van der Waals surface area contributed by atoms with Crippen LogP contribution >= 0.6 is 0 Å². The number of nitrogens with one attached hydrogen (secondary N) is 2. The lowest BCUT2D eigenvalue weighted by Gasteiger charge is -2.12. The van der Waals surface area contributed by atoms with Crippen molar-refractivity contribution >= 4 is 11.7 Å². The maximum absolute atomic E-state index is 10.6. The van der Waals surface area contributed by atoms with Crippen molar-refractivity contribution in [3.8, 4) is 0 Å². The second-order valence-electron chi connectivity index (χ2n) is 2.01. The molecule has 0 amide bonds. The Labute approximate surface area is 65.9 Å². The van der Waals surface area contributed by atoms with Crippen LogP contribution in [0, 0.1) is 5.41 Å². The van der Waals surface area contributed by atoms with E-state index in [1.54, 1.807) is 0 Å². The standard InChI is InChI=1S/C3H6N2.C2HF3O2/c4-3-1-5-2-3;3-2(4,5)1(6)7/h4-5H,1-2H2;(H,6,7). The first-order valence-corrected chi connectivity index (χ1v) is 2.91. The highest BCUT2D eigenvalue weighted by Gasteiger charge is 2.38. The summed E-state index contributed by atoms with van der Waals surface area (Å²) < 4.78 is 31.7. The zero-order chi connectivity index (χ0) is 9.78. The Morgan fingerprint density at radius 3 is 1.75 bits per heavy atom. The maximum Gasteiger partial charge on any atom is 0.490 e. The molecular weight excluding hydrogens is 177 g/mol. The molecule has 3 N–H and O–H groups in total. The van der Waals surface area contributed by atoms with Crippen molar-refractivity contribution in [3.05, 3.63) is 0 Å². The van der Waals surface area contributed by atoms with Gasteiger partial charge in [-0.25, -0.2) is 4.79 Å². The van der Waals surface area contributed by atoms with Gasteiger partial charge in [0.15, 0.2) is 0 Å². The summed E-state index contributed by atoms with van der Waals surface area (Å²) in [4.78, 5) is 8.90. The first-order valence-electron chi connectivity index (χ1n) is 2.91. The van der Waals surface area contributed by atoms with E-state index in [1.165, 1.54) is 0 Å². The van der Waals surface area contributed by atoms with Crippen LogP contribution in [0.1, 0.15) is 0 Å². The molecule has 1 heterocycles. The second kappa shape index (κ2) is 4.05. The molecule has 0 aromatic rings. The third kappa shape index (κ3) is 4.67. The lowest BCUT2D eigenvalue weighted by atomic mass is 10.3. The van der Waals surface area contributed by atoms with Gasteiger partial charge in [0, 0.05) is 18.8 Å². The van der Waals surface area contributed by atoms with E-state index in [2.05, 4.69) is 5.32 Å². The van der Waals surface area contributed by atoms with E-state index in [4.69, 9.17) is 15.3 Å². The first kappa shape index (κ1) is 10.9. The van der Waals surface area contributed by atoms with Crippen LogP contribution in [0.5, 0.6) is 0 Å². The average Bonchev–Trinajstić information content (AvgIpc) is 1.83. The summed E-state index contributed by atoms with van der Waals surface area (Å²) in [6.45, 7) is 1.64. The van der Waals surface area contributed by atoms with E-state index in [9.17, 15) is 13.2 Å². The Hall–Kier alpha value is -1.11. The molecule has 0 saturated carbocycles. The van der Waals surface area contributed by atoms with E-state index in [0.717, 1.165) is 18.8 Å². The van der Waals surface area contributed by atoms with Crippen molar-refractivity contribution < 1.29 is 23.1 Å². The Morgan fingerprint density at radius 1 is 1.50 bits per heavy atom. The van der Waals surface area contributed by atoms with E-state index in [1.807, 2.05) is 0 Å². The normalized spacial score (nSPS) is 15.8. The number of halogens is 3. The van der Waals surface area contributed by atoms with Crippen LogP contribution in [0.15, 0.2) is 0 Å². The number of alkyl halides is 3. The number of carbonyl (C=O) groups is 1. The number of hydrogen-bond donors (Lipinski definition) is 3. The highest BCUT2D eigenvalue weighted by atomic mass is 19.4. The molecule has 12 heavy (non-hydrogen) atoms. The van der Waals surface area contributed by atoms with Crippen LogP contribution < -0.4 is 5.32 Å². The van der Waals surface area contributed by atoms with Gasteiger partial charge in [-0.3, -0.25) is 0 Å². The number of carboxylic acids is 1. The zero-order valence-electron chi connectivity index (χ0n) is 5.90. The minimum atomic E-state index is -5.08.